The third-order valence-electron chi connectivity index (χ3n) is 11.4. The monoisotopic (exact) mass is 754 g/mol. The van der Waals surface area contributed by atoms with E-state index in [0.29, 0.717) is 0 Å². The molecule has 0 fully saturated rings. The van der Waals surface area contributed by atoms with Crippen LogP contribution in [0, 0.1) is 55.4 Å². The first-order chi connectivity index (χ1) is 27.9. The summed E-state index contributed by atoms with van der Waals surface area (Å²) in [5.74, 6) is 0. The third-order valence-corrected chi connectivity index (χ3v) is 11.4. The molecule has 0 bridgehead atoms. The summed E-state index contributed by atoms with van der Waals surface area (Å²) in [5.41, 5.74) is 20.1. The van der Waals surface area contributed by atoms with Crippen LogP contribution in [0.5, 0.6) is 0 Å². The minimum atomic E-state index is 0.860. The van der Waals surface area contributed by atoms with Crippen molar-refractivity contribution in [3.63, 3.8) is 0 Å². The van der Waals surface area contributed by atoms with Gasteiger partial charge in [0.25, 0.3) is 0 Å². The van der Waals surface area contributed by atoms with Gasteiger partial charge in [-0.2, -0.15) is 0 Å². The van der Waals surface area contributed by atoms with Crippen LogP contribution in [0.4, 0.5) is 34.1 Å². The second kappa shape index (κ2) is 13.4. The minimum absolute atomic E-state index is 0.860. The summed E-state index contributed by atoms with van der Waals surface area (Å²) in [4.78, 5) is 4.75. The van der Waals surface area contributed by atoms with Gasteiger partial charge in [-0.3, -0.25) is 0 Å². The van der Waals surface area contributed by atoms with Crippen molar-refractivity contribution in [3.8, 4) is 0 Å². The van der Waals surface area contributed by atoms with Crippen LogP contribution >= 0.6 is 0 Å². The fourth-order valence-electron chi connectivity index (χ4n) is 9.26. The van der Waals surface area contributed by atoms with E-state index < -0.39 is 0 Å². The molecule has 0 amide bonds. The van der Waals surface area contributed by atoms with Gasteiger partial charge in [0.15, 0.2) is 0 Å². The summed E-state index contributed by atoms with van der Waals surface area (Å²) in [6.07, 6.45) is 0. The Bertz CT molecular complexity index is 2890. The van der Waals surface area contributed by atoms with Crippen LogP contribution in [0.2, 0.25) is 0 Å². The number of rotatable bonds is 6. The molecule has 2 aromatic heterocycles. The fourth-order valence-corrected chi connectivity index (χ4v) is 9.26. The Labute approximate surface area is 339 Å². The molecule has 0 saturated carbocycles. The highest BCUT2D eigenvalue weighted by Gasteiger charge is 2.20. The number of anilines is 6. The zero-order valence-corrected chi connectivity index (χ0v) is 34.4. The zero-order chi connectivity index (χ0) is 40.0. The van der Waals surface area contributed by atoms with Crippen molar-refractivity contribution >= 4 is 88.8 Å². The SMILES string of the molecule is Cc1cc(C)cc(N(c2cc(C)cc(C)c2)c2ccc3oc4cc5cc6oc7ccc(N(c8cc(C)cc(C)c8)c8cc(C)cc(C)c8)cc7c6cc5cc4c3c2)c1. The average Bonchev–Trinajstić information content (AvgIpc) is 3.68. The molecule has 0 saturated heterocycles. The van der Waals surface area contributed by atoms with Crippen molar-refractivity contribution in [2.45, 2.75) is 55.4 Å². The second-order valence-corrected chi connectivity index (χ2v) is 16.7. The number of benzene rings is 8. The summed E-state index contributed by atoms with van der Waals surface area (Å²) in [5, 5.41) is 6.58. The van der Waals surface area contributed by atoms with Gasteiger partial charge < -0.3 is 18.6 Å². The van der Waals surface area contributed by atoms with E-state index in [1.165, 1.54) is 44.5 Å². The molecule has 0 aliphatic carbocycles. The summed E-state index contributed by atoms with van der Waals surface area (Å²) in [6.45, 7) is 17.3. The molecule has 10 aromatic rings. The maximum atomic E-state index is 6.56. The molecule has 8 aromatic carbocycles. The van der Waals surface area contributed by atoms with Crippen molar-refractivity contribution in [2.75, 3.05) is 9.80 Å². The molecular formula is C54H46N2O2. The number of fused-ring (bicyclic) bond motifs is 7. The zero-order valence-electron chi connectivity index (χ0n) is 34.4. The Hall–Kier alpha value is -6.78. The van der Waals surface area contributed by atoms with Crippen molar-refractivity contribution in [1.29, 1.82) is 0 Å². The smallest absolute Gasteiger partial charge is 0.136 e. The first-order valence-corrected chi connectivity index (χ1v) is 20.1. The molecule has 2 heterocycles. The maximum Gasteiger partial charge on any atom is 0.136 e. The molecule has 0 unspecified atom stereocenters. The van der Waals surface area contributed by atoms with E-state index >= 15 is 0 Å². The Morgan fingerprint density at radius 2 is 0.534 bits per heavy atom. The Balaban J connectivity index is 1.14. The van der Waals surface area contributed by atoms with Crippen molar-refractivity contribution in [1.82, 2.24) is 0 Å². The van der Waals surface area contributed by atoms with Gasteiger partial charge in [-0.05, 0) is 220 Å². The van der Waals surface area contributed by atoms with Crippen LogP contribution in [0.25, 0.3) is 54.6 Å². The van der Waals surface area contributed by atoms with Gasteiger partial charge in [0.2, 0.25) is 0 Å². The highest BCUT2D eigenvalue weighted by atomic mass is 16.3. The minimum Gasteiger partial charge on any atom is -0.456 e. The molecule has 0 N–H and O–H groups in total. The van der Waals surface area contributed by atoms with E-state index in [1.807, 2.05) is 0 Å². The largest absolute Gasteiger partial charge is 0.456 e. The van der Waals surface area contributed by atoms with Crippen LogP contribution in [0.3, 0.4) is 0 Å². The Morgan fingerprint density at radius 3 is 0.845 bits per heavy atom. The summed E-state index contributed by atoms with van der Waals surface area (Å²) < 4.78 is 13.1. The van der Waals surface area contributed by atoms with E-state index in [0.717, 1.165) is 88.8 Å². The van der Waals surface area contributed by atoms with E-state index in [9.17, 15) is 0 Å². The molecule has 0 atom stereocenters. The number of hydrogen-bond acceptors (Lipinski definition) is 4. The Morgan fingerprint density at radius 1 is 0.259 bits per heavy atom. The van der Waals surface area contributed by atoms with Gasteiger partial charge >= 0.3 is 0 Å². The van der Waals surface area contributed by atoms with Crippen LogP contribution < -0.4 is 9.80 Å². The van der Waals surface area contributed by atoms with Gasteiger partial charge in [0, 0.05) is 55.7 Å². The molecule has 0 aliphatic heterocycles. The lowest BCUT2D eigenvalue weighted by atomic mass is 10.0. The molecule has 0 radical (unpaired) electrons. The second-order valence-electron chi connectivity index (χ2n) is 16.7. The first kappa shape index (κ1) is 35.6. The van der Waals surface area contributed by atoms with Crippen molar-refractivity contribution in [2.24, 2.45) is 0 Å². The fraction of sp³-hybridized carbons (Fsp3) is 0.148. The summed E-state index contributed by atoms with van der Waals surface area (Å²) in [6, 6.07) is 49.1. The van der Waals surface area contributed by atoms with Gasteiger partial charge in [0.05, 0.1) is 0 Å². The van der Waals surface area contributed by atoms with Crippen LogP contribution in [-0.2, 0) is 0 Å². The highest BCUT2D eigenvalue weighted by molar-refractivity contribution is 6.16. The number of aryl methyl sites for hydroxylation is 8. The molecule has 0 aliphatic rings. The number of nitrogens with zero attached hydrogens (tertiary/aromatic N) is 2. The summed E-state index contributed by atoms with van der Waals surface area (Å²) in [7, 11) is 0. The molecular weight excluding hydrogens is 709 g/mol. The number of furan rings is 2. The average molecular weight is 755 g/mol. The standard InChI is InChI=1S/C54H46N2O2/c1-31-13-32(2)18-43(17-31)55(44-19-33(3)14-34(4)20-44)41-9-11-51-49(29-41)47-25-39-26-48-50-30-42(10-12-52(50)58-54(48)28-40(39)27-53(47)57-51)56(45-21-35(5)15-36(6)22-45)46-23-37(7)16-38(8)24-46/h9-30H,1-8H3. The van der Waals surface area contributed by atoms with Gasteiger partial charge in [-0.1, -0.05) is 24.3 Å². The normalized spacial score (nSPS) is 11.8. The van der Waals surface area contributed by atoms with E-state index in [4.69, 9.17) is 8.83 Å². The molecule has 58 heavy (non-hydrogen) atoms. The third kappa shape index (κ3) is 6.26. The van der Waals surface area contributed by atoms with Gasteiger partial charge in [0.1, 0.15) is 22.3 Å². The lowest BCUT2D eigenvalue weighted by Crippen LogP contribution is -2.11. The van der Waals surface area contributed by atoms with Crippen LogP contribution in [0.15, 0.2) is 142 Å². The van der Waals surface area contributed by atoms with Crippen LogP contribution in [0.1, 0.15) is 44.5 Å². The summed E-state index contributed by atoms with van der Waals surface area (Å²) >= 11 is 0. The molecule has 10 rings (SSSR count). The van der Waals surface area contributed by atoms with Gasteiger partial charge in [-0.25, -0.2) is 0 Å². The topological polar surface area (TPSA) is 32.8 Å². The van der Waals surface area contributed by atoms with Crippen LogP contribution in [-0.4, -0.2) is 0 Å². The van der Waals surface area contributed by atoms with Gasteiger partial charge in [-0.15, -0.1) is 0 Å². The Kier molecular flexibility index (Phi) is 8.24. The van der Waals surface area contributed by atoms with E-state index in [1.54, 1.807) is 0 Å². The van der Waals surface area contributed by atoms with E-state index in [2.05, 4.69) is 199 Å². The van der Waals surface area contributed by atoms with Crippen molar-refractivity contribution < 1.29 is 8.83 Å². The number of hydrogen-bond donors (Lipinski definition) is 0. The quantitative estimate of drug-likeness (QED) is 0.169. The highest BCUT2D eigenvalue weighted by Crippen LogP contribution is 2.43. The molecule has 284 valence electrons. The van der Waals surface area contributed by atoms with E-state index in [-0.39, 0.29) is 0 Å². The van der Waals surface area contributed by atoms with Crippen molar-refractivity contribution in [3.05, 3.63) is 178 Å². The lowest BCUT2D eigenvalue weighted by molar-refractivity contribution is 0.668. The molecule has 0 spiro atoms. The molecule has 4 heteroatoms. The first-order valence-electron chi connectivity index (χ1n) is 20.1. The lowest BCUT2D eigenvalue weighted by Gasteiger charge is -2.27. The molecule has 4 nitrogen and oxygen atoms in total. The maximum absolute atomic E-state index is 6.56. The predicted octanol–water partition coefficient (Wildman–Crippen LogP) is 16.0. The predicted molar refractivity (Wildman–Crippen MR) is 246 cm³/mol.